The summed E-state index contributed by atoms with van der Waals surface area (Å²) in [4.78, 5) is 11.2. The quantitative estimate of drug-likeness (QED) is 0.748. The number of hydrogen-bond acceptors (Lipinski definition) is 2. The average molecular weight is 193 g/mol. The van der Waals surface area contributed by atoms with Gasteiger partial charge in [0.15, 0.2) is 0 Å². The zero-order chi connectivity index (χ0) is 10.2. The molecule has 0 saturated carbocycles. The van der Waals surface area contributed by atoms with Crippen LogP contribution in [-0.2, 0) is 4.74 Å². The summed E-state index contributed by atoms with van der Waals surface area (Å²) in [5, 5.41) is 2.69. The van der Waals surface area contributed by atoms with Crippen molar-refractivity contribution in [3.05, 3.63) is 36.1 Å². The monoisotopic (exact) mass is 193 g/mol. The molecule has 1 aliphatic carbocycles. The predicted octanol–water partition coefficient (Wildman–Crippen LogP) is 2.52. The second kappa shape index (κ2) is 6.02. The second-order valence-electron chi connectivity index (χ2n) is 2.97. The van der Waals surface area contributed by atoms with Crippen LogP contribution in [-0.4, -0.2) is 12.7 Å². The van der Waals surface area contributed by atoms with Gasteiger partial charge in [-0.1, -0.05) is 31.2 Å². The van der Waals surface area contributed by atoms with Crippen molar-refractivity contribution in [2.24, 2.45) is 0 Å². The summed E-state index contributed by atoms with van der Waals surface area (Å²) >= 11 is 0. The first-order chi connectivity index (χ1) is 6.83. The highest BCUT2D eigenvalue weighted by Gasteiger charge is 2.03. The Balaban J connectivity index is 2.36. The van der Waals surface area contributed by atoms with Crippen LogP contribution >= 0.6 is 0 Å². The summed E-state index contributed by atoms with van der Waals surface area (Å²) in [5.41, 5.74) is 0.858. The molecule has 0 bridgehead atoms. The molecule has 0 unspecified atom stereocenters. The van der Waals surface area contributed by atoms with Crippen LogP contribution < -0.4 is 5.32 Å². The Hall–Kier alpha value is -1.51. The third-order valence-electron chi connectivity index (χ3n) is 1.69. The third kappa shape index (κ3) is 3.94. The summed E-state index contributed by atoms with van der Waals surface area (Å²) in [6.45, 7) is 2.43. The van der Waals surface area contributed by atoms with E-state index in [2.05, 4.69) is 5.32 Å². The van der Waals surface area contributed by atoms with E-state index in [1.54, 1.807) is 0 Å². The lowest BCUT2D eigenvalue weighted by atomic mass is 10.3. The van der Waals surface area contributed by atoms with E-state index in [-0.39, 0.29) is 6.09 Å². The van der Waals surface area contributed by atoms with Gasteiger partial charge >= 0.3 is 6.09 Å². The van der Waals surface area contributed by atoms with Crippen LogP contribution in [0.5, 0.6) is 0 Å². The van der Waals surface area contributed by atoms with Gasteiger partial charge in [-0.25, -0.2) is 4.79 Å². The van der Waals surface area contributed by atoms with Crippen LogP contribution in [0.4, 0.5) is 4.79 Å². The number of carbonyl (C=O) groups excluding carboxylic acids is 1. The number of ether oxygens (including phenoxy) is 1. The molecule has 0 saturated heterocycles. The SMILES string of the molecule is CCCOC(=O)NC1=CC=CC=CC1. The Morgan fingerprint density at radius 1 is 1.50 bits per heavy atom. The van der Waals surface area contributed by atoms with E-state index in [1.165, 1.54) is 0 Å². The number of carbonyl (C=O) groups is 1. The molecule has 0 spiro atoms. The maximum absolute atomic E-state index is 11.2. The van der Waals surface area contributed by atoms with E-state index in [9.17, 15) is 4.79 Å². The number of allylic oxidation sites excluding steroid dienone is 5. The topological polar surface area (TPSA) is 38.3 Å². The lowest BCUT2D eigenvalue weighted by molar-refractivity contribution is 0.149. The van der Waals surface area contributed by atoms with Gasteiger partial charge in [0.25, 0.3) is 0 Å². The highest BCUT2D eigenvalue weighted by molar-refractivity contribution is 5.69. The Labute approximate surface area is 84.1 Å². The van der Waals surface area contributed by atoms with Crippen LogP contribution in [0.1, 0.15) is 19.8 Å². The van der Waals surface area contributed by atoms with Gasteiger partial charge in [0, 0.05) is 12.1 Å². The van der Waals surface area contributed by atoms with Crippen molar-refractivity contribution in [2.45, 2.75) is 19.8 Å². The zero-order valence-electron chi connectivity index (χ0n) is 8.32. The fourth-order valence-electron chi connectivity index (χ4n) is 1.03. The molecular weight excluding hydrogens is 178 g/mol. The number of nitrogens with one attached hydrogen (secondary N) is 1. The standard InChI is InChI=1S/C11H15NO2/c1-2-9-14-11(13)12-10-7-5-3-4-6-8-10/h3-7H,2,8-9H2,1H3,(H,12,13). The lowest BCUT2D eigenvalue weighted by Gasteiger charge is -2.07. The van der Waals surface area contributed by atoms with E-state index in [1.807, 2.05) is 37.3 Å². The maximum Gasteiger partial charge on any atom is 0.411 e. The minimum atomic E-state index is -0.373. The van der Waals surface area contributed by atoms with E-state index < -0.39 is 0 Å². The summed E-state index contributed by atoms with van der Waals surface area (Å²) in [6, 6.07) is 0. The van der Waals surface area contributed by atoms with Crippen LogP contribution in [0.25, 0.3) is 0 Å². The van der Waals surface area contributed by atoms with Crippen LogP contribution in [0.2, 0.25) is 0 Å². The molecule has 0 atom stereocenters. The molecule has 0 aromatic carbocycles. The first kappa shape index (κ1) is 10.6. The highest BCUT2D eigenvalue weighted by atomic mass is 16.5. The molecule has 1 N–H and O–H groups in total. The summed E-state index contributed by atoms with van der Waals surface area (Å²) in [7, 11) is 0. The molecule has 0 aliphatic heterocycles. The first-order valence-corrected chi connectivity index (χ1v) is 4.79. The fourth-order valence-corrected chi connectivity index (χ4v) is 1.03. The van der Waals surface area contributed by atoms with E-state index >= 15 is 0 Å². The number of rotatable bonds is 3. The molecule has 76 valence electrons. The molecule has 0 fully saturated rings. The molecule has 0 aromatic rings. The number of amides is 1. The third-order valence-corrected chi connectivity index (χ3v) is 1.69. The molecule has 14 heavy (non-hydrogen) atoms. The Morgan fingerprint density at radius 3 is 3.14 bits per heavy atom. The highest BCUT2D eigenvalue weighted by Crippen LogP contribution is 2.03. The van der Waals surface area contributed by atoms with Crippen molar-refractivity contribution in [3.8, 4) is 0 Å². The average Bonchev–Trinajstić information content (AvgIpc) is 2.43. The largest absolute Gasteiger partial charge is 0.449 e. The van der Waals surface area contributed by atoms with Crippen molar-refractivity contribution in [1.82, 2.24) is 5.32 Å². The van der Waals surface area contributed by atoms with E-state index in [0.717, 1.165) is 18.5 Å². The molecule has 0 radical (unpaired) electrons. The molecule has 3 heteroatoms. The van der Waals surface area contributed by atoms with Gasteiger partial charge in [-0.2, -0.15) is 0 Å². The smallest absolute Gasteiger partial charge is 0.411 e. The van der Waals surface area contributed by atoms with Gasteiger partial charge < -0.3 is 4.74 Å². The van der Waals surface area contributed by atoms with Crippen molar-refractivity contribution in [1.29, 1.82) is 0 Å². The second-order valence-corrected chi connectivity index (χ2v) is 2.97. The Bertz CT molecular complexity index is 277. The fraction of sp³-hybridized carbons (Fsp3) is 0.364. The minimum Gasteiger partial charge on any atom is -0.449 e. The van der Waals surface area contributed by atoms with Gasteiger partial charge in [0.1, 0.15) is 0 Å². The summed E-state index contributed by atoms with van der Waals surface area (Å²) in [6.07, 6.45) is 10.8. The zero-order valence-corrected chi connectivity index (χ0v) is 8.32. The van der Waals surface area contributed by atoms with Crippen LogP contribution in [0, 0.1) is 0 Å². The van der Waals surface area contributed by atoms with Crippen LogP contribution in [0.15, 0.2) is 36.1 Å². The molecule has 1 rings (SSSR count). The van der Waals surface area contributed by atoms with Crippen molar-refractivity contribution < 1.29 is 9.53 Å². The molecular formula is C11H15NO2. The van der Waals surface area contributed by atoms with Gasteiger partial charge in [-0.05, 0) is 12.5 Å². The minimum absolute atomic E-state index is 0.373. The van der Waals surface area contributed by atoms with Gasteiger partial charge in [0.05, 0.1) is 6.61 Å². The van der Waals surface area contributed by atoms with Crippen molar-refractivity contribution in [2.75, 3.05) is 6.61 Å². The molecule has 0 aromatic heterocycles. The lowest BCUT2D eigenvalue weighted by Crippen LogP contribution is -2.23. The van der Waals surface area contributed by atoms with E-state index in [0.29, 0.717) is 6.61 Å². The normalized spacial score (nSPS) is 14.5. The number of hydrogen-bond donors (Lipinski definition) is 1. The van der Waals surface area contributed by atoms with Crippen LogP contribution in [0.3, 0.4) is 0 Å². The van der Waals surface area contributed by atoms with Gasteiger partial charge in [-0.15, -0.1) is 0 Å². The van der Waals surface area contributed by atoms with E-state index in [4.69, 9.17) is 4.74 Å². The van der Waals surface area contributed by atoms with Gasteiger partial charge in [0.2, 0.25) is 0 Å². The molecule has 0 heterocycles. The Morgan fingerprint density at radius 2 is 2.36 bits per heavy atom. The van der Waals surface area contributed by atoms with Crippen molar-refractivity contribution >= 4 is 6.09 Å². The summed E-state index contributed by atoms with van der Waals surface area (Å²) < 4.78 is 4.90. The predicted molar refractivity (Wildman–Crippen MR) is 55.8 cm³/mol. The van der Waals surface area contributed by atoms with Crippen molar-refractivity contribution in [3.63, 3.8) is 0 Å². The maximum atomic E-state index is 11.2. The molecule has 1 amide bonds. The summed E-state index contributed by atoms with van der Waals surface area (Å²) in [5.74, 6) is 0. The number of alkyl carbamates (subject to hydrolysis) is 1. The molecule has 1 aliphatic rings. The first-order valence-electron chi connectivity index (χ1n) is 4.79. The molecule has 3 nitrogen and oxygen atoms in total. The Kier molecular flexibility index (Phi) is 4.55. The van der Waals surface area contributed by atoms with Gasteiger partial charge in [-0.3, -0.25) is 5.32 Å².